The molecular formula is C19H23ClN4O3. The highest BCUT2D eigenvalue weighted by atomic mass is 35.5. The summed E-state index contributed by atoms with van der Waals surface area (Å²) in [5.74, 6) is 2.97. The molecule has 0 bridgehead atoms. The van der Waals surface area contributed by atoms with Crippen LogP contribution in [0.1, 0.15) is 31.5 Å². The van der Waals surface area contributed by atoms with Gasteiger partial charge in [-0.2, -0.15) is 0 Å². The summed E-state index contributed by atoms with van der Waals surface area (Å²) in [4.78, 5) is 12.8. The van der Waals surface area contributed by atoms with Gasteiger partial charge in [0.05, 0.1) is 17.2 Å². The number of aromatic amines is 1. The first kappa shape index (κ1) is 19.4. The largest absolute Gasteiger partial charge is 0.454 e. The summed E-state index contributed by atoms with van der Waals surface area (Å²) in [5.41, 5.74) is 3.99. The molecule has 7 nitrogen and oxygen atoms in total. The van der Waals surface area contributed by atoms with E-state index >= 15 is 0 Å². The molecule has 2 aliphatic heterocycles. The Hall–Kier alpha value is -2.35. The zero-order chi connectivity index (χ0) is 16.8. The number of H-pyrrole nitrogens is 1. The van der Waals surface area contributed by atoms with E-state index in [1.807, 2.05) is 24.4 Å². The summed E-state index contributed by atoms with van der Waals surface area (Å²) in [5, 5.41) is 3.48. The second-order valence-electron chi connectivity index (χ2n) is 6.85. The number of nitrogens with zero attached hydrogens (tertiary/aromatic N) is 2. The number of rotatable bonds is 2. The van der Waals surface area contributed by atoms with E-state index in [1.54, 1.807) is 0 Å². The van der Waals surface area contributed by atoms with Crippen LogP contribution in [0.2, 0.25) is 0 Å². The van der Waals surface area contributed by atoms with E-state index < -0.39 is 0 Å². The minimum Gasteiger partial charge on any atom is -0.454 e. The molecule has 2 aromatic heterocycles. The maximum Gasteiger partial charge on any atom is 0.231 e. The van der Waals surface area contributed by atoms with Gasteiger partial charge in [0.2, 0.25) is 6.79 Å². The molecule has 4 heterocycles. The number of ether oxygens (including phenoxy) is 2. The molecule has 0 amide bonds. The van der Waals surface area contributed by atoms with Crippen molar-refractivity contribution in [1.82, 2.24) is 20.3 Å². The molecule has 5 rings (SSSR count). The Balaban J connectivity index is 0.00000105. The van der Waals surface area contributed by atoms with Gasteiger partial charge >= 0.3 is 0 Å². The van der Waals surface area contributed by atoms with Crippen LogP contribution in [-0.2, 0) is 0 Å². The van der Waals surface area contributed by atoms with Crippen molar-refractivity contribution in [1.29, 1.82) is 0 Å². The van der Waals surface area contributed by atoms with Crippen molar-refractivity contribution in [3.05, 3.63) is 36.3 Å². The van der Waals surface area contributed by atoms with Gasteiger partial charge in [-0.15, -0.1) is 12.4 Å². The molecule has 1 saturated heterocycles. The molecule has 4 N–H and O–H groups in total. The van der Waals surface area contributed by atoms with E-state index in [1.165, 1.54) is 0 Å². The Labute approximate surface area is 163 Å². The van der Waals surface area contributed by atoms with E-state index in [9.17, 15) is 0 Å². The summed E-state index contributed by atoms with van der Waals surface area (Å²) < 4.78 is 10.9. The quantitative estimate of drug-likeness (QED) is 0.700. The lowest BCUT2D eigenvalue weighted by atomic mass is 9.92. The molecule has 2 unspecified atom stereocenters. The molecule has 0 aliphatic carbocycles. The predicted octanol–water partition coefficient (Wildman–Crippen LogP) is 2.81. The van der Waals surface area contributed by atoms with Gasteiger partial charge < -0.3 is 25.3 Å². The van der Waals surface area contributed by atoms with Gasteiger partial charge in [0, 0.05) is 23.2 Å². The molecule has 0 spiro atoms. The third kappa shape index (κ3) is 3.58. The van der Waals surface area contributed by atoms with Gasteiger partial charge in [-0.25, -0.2) is 9.97 Å². The van der Waals surface area contributed by atoms with Crippen LogP contribution in [-0.4, -0.2) is 39.8 Å². The van der Waals surface area contributed by atoms with Crippen LogP contribution >= 0.6 is 12.4 Å². The van der Waals surface area contributed by atoms with Crippen LogP contribution in [0.3, 0.4) is 0 Å². The molecule has 1 aromatic carbocycles. The van der Waals surface area contributed by atoms with Crippen LogP contribution in [0.25, 0.3) is 22.3 Å². The molecule has 8 heteroatoms. The summed E-state index contributed by atoms with van der Waals surface area (Å²) in [6.07, 6.45) is 4.08. The summed E-state index contributed by atoms with van der Waals surface area (Å²) in [7, 11) is 0. The van der Waals surface area contributed by atoms with E-state index in [2.05, 4.69) is 28.3 Å². The third-order valence-corrected chi connectivity index (χ3v) is 5.06. The first-order valence-electron chi connectivity index (χ1n) is 8.75. The lowest BCUT2D eigenvalue weighted by Crippen LogP contribution is -2.35. The van der Waals surface area contributed by atoms with E-state index in [0.717, 1.165) is 59.0 Å². The van der Waals surface area contributed by atoms with Crippen LogP contribution < -0.4 is 14.8 Å². The van der Waals surface area contributed by atoms with E-state index in [-0.39, 0.29) is 24.7 Å². The van der Waals surface area contributed by atoms with Crippen molar-refractivity contribution >= 4 is 23.4 Å². The molecule has 3 aromatic rings. The first-order valence-corrected chi connectivity index (χ1v) is 8.75. The summed E-state index contributed by atoms with van der Waals surface area (Å²) in [6, 6.07) is 8.57. The first-order chi connectivity index (χ1) is 12.3. The minimum absolute atomic E-state index is 0. The van der Waals surface area contributed by atoms with Gasteiger partial charge in [-0.05, 0) is 50.6 Å². The van der Waals surface area contributed by atoms with Gasteiger partial charge in [0.25, 0.3) is 0 Å². The Morgan fingerprint density at radius 1 is 1.15 bits per heavy atom. The fourth-order valence-corrected chi connectivity index (χ4v) is 3.72. The Morgan fingerprint density at radius 2 is 2.00 bits per heavy atom. The highest BCUT2D eigenvalue weighted by Crippen LogP contribution is 2.36. The van der Waals surface area contributed by atoms with Gasteiger partial charge in [-0.1, -0.05) is 0 Å². The van der Waals surface area contributed by atoms with Crippen LogP contribution in [0, 0.1) is 0 Å². The third-order valence-electron chi connectivity index (χ3n) is 5.06. The number of hydrogen-bond acceptors (Lipinski definition) is 5. The number of halogens is 1. The van der Waals surface area contributed by atoms with Crippen molar-refractivity contribution in [2.75, 3.05) is 13.3 Å². The van der Waals surface area contributed by atoms with Crippen molar-refractivity contribution in [2.24, 2.45) is 0 Å². The molecule has 144 valence electrons. The lowest BCUT2D eigenvalue weighted by molar-refractivity contribution is 0.174. The maximum absolute atomic E-state index is 5.47. The molecule has 27 heavy (non-hydrogen) atoms. The highest BCUT2D eigenvalue weighted by molar-refractivity contribution is 5.85. The smallest absolute Gasteiger partial charge is 0.231 e. The van der Waals surface area contributed by atoms with Crippen molar-refractivity contribution in [3.63, 3.8) is 0 Å². The standard InChI is InChI=1S/C19H20N4O2.ClH.H2O/c1-11-6-13(4-5-20-11)19-21-9-16-15(23-19)8-14(22-16)12-2-3-17-18(7-12)25-10-24-17;;/h2-3,7-9,11,13,20,22H,4-6,10H2,1H3;1H;1H2. The fourth-order valence-electron chi connectivity index (χ4n) is 3.72. The van der Waals surface area contributed by atoms with E-state index in [0.29, 0.717) is 12.0 Å². The fraction of sp³-hybridized carbons (Fsp3) is 0.368. The Morgan fingerprint density at radius 3 is 2.85 bits per heavy atom. The van der Waals surface area contributed by atoms with Gasteiger partial charge in [0.15, 0.2) is 11.5 Å². The maximum atomic E-state index is 5.47. The number of fused-ring (bicyclic) bond motifs is 2. The molecule has 0 saturated carbocycles. The Kier molecular flexibility index (Phi) is 5.55. The van der Waals surface area contributed by atoms with Crippen molar-refractivity contribution in [3.8, 4) is 22.8 Å². The number of benzene rings is 1. The number of aromatic nitrogens is 3. The number of piperidine rings is 1. The SMILES string of the molecule is CC1CC(c2ncc3[nH]c(-c4ccc5c(c4)OCO5)cc3n2)CCN1.Cl.O. The second kappa shape index (κ2) is 7.72. The normalized spacial score (nSPS) is 20.8. The zero-order valence-electron chi connectivity index (χ0n) is 15.0. The van der Waals surface area contributed by atoms with Gasteiger partial charge in [-0.3, -0.25) is 0 Å². The molecule has 1 fully saturated rings. The van der Waals surface area contributed by atoms with Crippen molar-refractivity contribution in [2.45, 2.75) is 31.7 Å². The topological polar surface area (TPSA) is 104 Å². The van der Waals surface area contributed by atoms with Gasteiger partial charge in [0.1, 0.15) is 5.82 Å². The monoisotopic (exact) mass is 390 g/mol. The molecular weight excluding hydrogens is 368 g/mol. The predicted molar refractivity (Wildman–Crippen MR) is 106 cm³/mol. The van der Waals surface area contributed by atoms with E-state index in [4.69, 9.17) is 14.5 Å². The summed E-state index contributed by atoms with van der Waals surface area (Å²) in [6.45, 7) is 3.54. The zero-order valence-corrected chi connectivity index (χ0v) is 15.8. The molecule has 2 atom stereocenters. The van der Waals surface area contributed by atoms with Crippen LogP contribution in [0.15, 0.2) is 30.5 Å². The lowest BCUT2D eigenvalue weighted by Gasteiger charge is -2.26. The average molecular weight is 391 g/mol. The average Bonchev–Trinajstić information content (AvgIpc) is 3.26. The van der Waals surface area contributed by atoms with Crippen molar-refractivity contribution < 1.29 is 14.9 Å². The van der Waals surface area contributed by atoms with Crippen LogP contribution in [0.4, 0.5) is 0 Å². The highest BCUT2D eigenvalue weighted by Gasteiger charge is 2.22. The number of nitrogens with one attached hydrogen (secondary N) is 2. The van der Waals surface area contributed by atoms with Crippen LogP contribution in [0.5, 0.6) is 11.5 Å². The number of hydrogen-bond donors (Lipinski definition) is 2. The molecule has 0 radical (unpaired) electrons. The Bertz CT molecular complexity index is 946. The summed E-state index contributed by atoms with van der Waals surface area (Å²) >= 11 is 0. The molecule has 2 aliphatic rings. The second-order valence-corrected chi connectivity index (χ2v) is 6.85. The minimum atomic E-state index is 0.